The lowest BCUT2D eigenvalue weighted by Crippen LogP contribution is -2.49. The lowest BCUT2D eigenvalue weighted by molar-refractivity contribution is 0.0575. The van der Waals surface area contributed by atoms with E-state index < -0.39 is 0 Å². The maximum absolute atomic E-state index is 13.8. The summed E-state index contributed by atoms with van der Waals surface area (Å²) < 4.78 is 1.14. The molecule has 1 amide bonds. The Morgan fingerprint density at radius 3 is 2.55 bits per heavy atom. The molecule has 3 aromatic carbocycles. The first-order valence-corrected chi connectivity index (χ1v) is 11.6. The number of rotatable bonds is 4. The number of nitrogens with zero attached hydrogens (tertiary/aromatic N) is 2. The summed E-state index contributed by atoms with van der Waals surface area (Å²) in [7, 11) is 0. The quantitative estimate of drug-likeness (QED) is 0.457. The van der Waals surface area contributed by atoms with Crippen LogP contribution in [-0.2, 0) is 0 Å². The van der Waals surface area contributed by atoms with Crippen molar-refractivity contribution in [2.75, 3.05) is 6.54 Å². The van der Waals surface area contributed by atoms with Gasteiger partial charge in [-0.2, -0.15) is 0 Å². The Morgan fingerprint density at radius 2 is 1.71 bits per heavy atom. The number of nitrogens with two attached hydrogens (primary N) is 1. The number of piperidine rings is 1. The zero-order valence-corrected chi connectivity index (χ0v) is 18.1. The van der Waals surface area contributed by atoms with E-state index in [0.717, 1.165) is 57.7 Å². The van der Waals surface area contributed by atoms with Crippen molar-refractivity contribution in [1.82, 2.24) is 9.88 Å². The molecule has 0 radical (unpaired) electrons. The van der Waals surface area contributed by atoms with Gasteiger partial charge in [0.25, 0.3) is 5.91 Å². The van der Waals surface area contributed by atoms with Gasteiger partial charge in [-0.05, 0) is 48.6 Å². The second kappa shape index (κ2) is 8.61. The molecule has 2 heterocycles. The van der Waals surface area contributed by atoms with Gasteiger partial charge in [0.1, 0.15) is 5.01 Å². The molecule has 5 rings (SSSR count). The molecule has 2 atom stereocenters. The number of aromatic nitrogens is 1. The predicted molar refractivity (Wildman–Crippen MR) is 127 cm³/mol. The fraction of sp³-hybridized carbons (Fsp3) is 0.231. The van der Waals surface area contributed by atoms with Crippen molar-refractivity contribution in [3.05, 3.63) is 89.4 Å². The number of thiazole rings is 1. The standard InChI is InChI=1S/C26H25N3OS/c27-24(25-28-21-14-6-7-16-23(21)31-25)22-15-8-9-17-29(22)26(30)20-13-5-4-12-19(20)18-10-2-1-3-11-18/h1-7,10-14,16,22,24H,8-9,15,17,27H2. The van der Waals surface area contributed by atoms with E-state index in [-0.39, 0.29) is 18.0 Å². The topological polar surface area (TPSA) is 59.2 Å². The highest BCUT2D eigenvalue weighted by atomic mass is 32.1. The normalized spacial score (nSPS) is 17.6. The average molecular weight is 428 g/mol. The zero-order valence-electron chi connectivity index (χ0n) is 17.3. The average Bonchev–Trinajstić information content (AvgIpc) is 3.28. The minimum atomic E-state index is -0.287. The summed E-state index contributed by atoms with van der Waals surface area (Å²) in [6.07, 6.45) is 2.98. The molecule has 1 aromatic heterocycles. The molecule has 156 valence electrons. The second-order valence-electron chi connectivity index (χ2n) is 8.02. The van der Waals surface area contributed by atoms with Crippen molar-refractivity contribution in [2.45, 2.75) is 31.3 Å². The van der Waals surface area contributed by atoms with Crippen LogP contribution in [0.3, 0.4) is 0 Å². The van der Waals surface area contributed by atoms with Crippen molar-refractivity contribution in [3.63, 3.8) is 0 Å². The van der Waals surface area contributed by atoms with Crippen LogP contribution in [0.5, 0.6) is 0 Å². The summed E-state index contributed by atoms with van der Waals surface area (Å²) in [4.78, 5) is 20.5. The van der Waals surface area contributed by atoms with E-state index in [0.29, 0.717) is 0 Å². The van der Waals surface area contributed by atoms with Crippen molar-refractivity contribution in [2.24, 2.45) is 5.73 Å². The lowest BCUT2D eigenvalue weighted by atomic mass is 9.93. The first kappa shape index (κ1) is 19.9. The first-order valence-electron chi connectivity index (χ1n) is 10.8. The fourth-order valence-electron chi connectivity index (χ4n) is 4.47. The van der Waals surface area contributed by atoms with Crippen LogP contribution in [0.1, 0.15) is 40.7 Å². The highest BCUT2D eigenvalue weighted by Gasteiger charge is 2.34. The minimum Gasteiger partial charge on any atom is -0.334 e. The van der Waals surface area contributed by atoms with Gasteiger partial charge in [-0.15, -0.1) is 11.3 Å². The van der Waals surface area contributed by atoms with Crippen LogP contribution in [0.15, 0.2) is 78.9 Å². The van der Waals surface area contributed by atoms with E-state index in [1.807, 2.05) is 77.7 Å². The Hall–Kier alpha value is -3.02. The molecule has 4 aromatic rings. The molecule has 31 heavy (non-hydrogen) atoms. The number of hydrogen-bond acceptors (Lipinski definition) is 4. The van der Waals surface area contributed by atoms with Crippen molar-refractivity contribution in [1.29, 1.82) is 0 Å². The molecule has 0 saturated carbocycles. The number of fused-ring (bicyclic) bond motifs is 1. The van der Waals surface area contributed by atoms with Gasteiger partial charge in [0.15, 0.2) is 0 Å². The molecule has 4 nitrogen and oxygen atoms in total. The van der Waals surface area contributed by atoms with Gasteiger partial charge in [0.2, 0.25) is 0 Å². The Balaban J connectivity index is 1.48. The maximum Gasteiger partial charge on any atom is 0.254 e. The summed E-state index contributed by atoms with van der Waals surface area (Å²) in [6, 6.07) is 25.7. The fourth-order valence-corrected chi connectivity index (χ4v) is 5.50. The van der Waals surface area contributed by atoms with Gasteiger partial charge in [-0.3, -0.25) is 4.79 Å². The summed E-state index contributed by atoms with van der Waals surface area (Å²) >= 11 is 1.63. The number of benzene rings is 3. The summed E-state index contributed by atoms with van der Waals surface area (Å²) in [5.41, 5.74) is 10.5. The van der Waals surface area contributed by atoms with Crippen LogP contribution in [0.25, 0.3) is 21.3 Å². The van der Waals surface area contributed by atoms with Gasteiger partial charge in [0, 0.05) is 12.1 Å². The Morgan fingerprint density at radius 1 is 0.968 bits per heavy atom. The van der Waals surface area contributed by atoms with E-state index in [1.54, 1.807) is 11.3 Å². The van der Waals surface area contributed by atoms with Gasteiger partial charge < -0.3 is 10.6 Å². The molecule has 1 fully saturated rings. The first-order chi connectivity index (χ1) is 15.2. The number of amides is 1. The zero-order chi connectivity index (χ0) is 21.2. The number of likely N-dealkylation sites (tertiary alicyclic amines) is 1. The molecule has 1 saturated heterocycles. The van der Waals surface area contributed by atoms with E-state index in [2.05, 4.69) is 6.07 Å². The van der Waals surface area contributed by atoms with Gasteiger partial charge >= 0.3 is 0 Å². The largest absolute Gasteiger partial charge is 0.334 e. The van der Waals surface area contributed by atoms with E-state index in [1.165, 1.54) is 0 Å². The lowest BCUT2D eigenvalue weighted by Gasteiger charge is -2.38. The molecule has 0 bridgehead atoms. The molecule has 1 aliphatic heterocycles. The maximum atomic E-state index is 13.8. The van der Waals surface area contributed by atoms with E-state index >= 15 is 0 Å². The molecule has 0 spiro atoms. The third kappa shape index (κ3) is 3.87. The minimum absolute atomic E-state index is 0.0503. The van der Waals surface area contributed by atoms with Crippen LogP contribution in [-0.4, -0.2) is 28.4 Å². The number of hydrogen-bond donors (Lipinski definition) is 1. The predicted octanol–water partition coefficient (Wildman–Crippen LogP) is 5.66. The monoisotopic (exact) mass is 427 g/mol. The molecule has 0 aliphatic carbocycles. The van der Waals surface area contributed by atoms with Crippen LogP contribution >= 0.6 is 11.3 Å². The van der Waals surface area contributed by atoms with Crippen LogP contribution in [0, 0.1) is 0 Å². The van der Waals surface area contributed by atoms with Crippen molar-refractivity contribution >= 4 is 27.5 Å². The molecule has 2 N–H and O–H groups in total. The van der Waals surface area contributed by atoms with Crippen molar-refractivity contribution in [3.8, 4) is 11.1 Å². The third-order valence-electron chi connectivity index (χ3n) is 6.06. The third-order valence-corrected chi connectivity index (χ3v) is 7.20. The smallest absolute Gasteiger partial charge is 0.254 e. The molecule has 2 unspecified atom stereocenters. The van der Waals surface area contributed by atoms with Crippen LogP contribution < -0.4 is 5.73 Å². The summed E-state index contributed by atoms with van der Waals surface area (Å²) in [5.74, 6) is 0.0562. The number of carbonyl (C=O) groups is 1. The highest BCUT2D eigenvalue weighted by molar-refractivity contribution is 7.18. The molecular weight excluding hydrogens is 402 g/mol. The van der Waals surface area contributed by atoms with Crippen LogP contribution in [0.2, 0.25) is 0 Å². The molecule has 5 heteroatoms. The van der Waals surface area contributed by atoms with Crippen molar-refractivity contribution < 1.29 is 4.79 Å². The Kier molecular flexibility index (Phi) is 5.53. The summed E-state index contributed by atoms with van der Waals surface area (Å²) in [6.45, 7) is 0.727. The van der Waals surface area contributed by atoms with E-state index in [9.17, 15) is 4.79 Å². The summed E-state index contributed by atoms with van der Waals surface area (Å²) in [5, 5.41) is 0.905. The SMILES string of the molecule is NC(c1nc2ccccc2s1)C1CCCCN1C(=O)c1ccccc1-c1ccccc1. The highest BCUT2D eigenvalue weighted by Crippen LogP contribution is 2.34. The Bertz CT molecular complexity index is 1170. The van der Waals surface area contributed by atoms with Gasteiger partial charge in [-0.25, -0.2) is 4.98 Å². The van der Waals surface area contributed by atoms with Crippen LogP contribution in [0.4, 0.5) is 0 Å². The molecule has 1 aliphatic rings. The Labute approximate surface area is 186 Å². The van der Waals surface area contributed by atoms with E-state index in [4.69, 9.17) is 10.7 Å². The molecular formula is C26H25N3OS. The van der Waals surface area contributed by atoms with Gasteiger partial charge in [-0.1, -0.05) is 60.7 Å². The van der Waals surface area contributed by atoms with Gasteiger partial charge in [0.05, 0.1) is 22.3 Å². The second-order valence-corrected chi connectivity index (χ2v) is 9.08. The number of para-hydroxylation sites is 1. The number of carbonyl (C=O) groups excluding carboxylic acids is 1.